The Balaban J connectivity index is 1.89. The van der Waals surface area contributed by atoms with Gasteiger partial charge in [-0.2, -0.15) is 0 Å². The summed E-state index contributed by atoms with van der Waals surface area (Å²) in [5.74, 6) is 2.56. The number of benzene rings is 1. The fraction of sp³-hybridized carbons (Fsp3) is 0.600. The van der Waals surface area contributed by atoms with Gasteiger partial charge in [0.25, 0.3) is 0 Å². The first-order valence-electron chi connectivity index (χ1n) is 6.91. The van der Waals surface area contributed by atoms with E-state index in [9.17, 15) is 0 Å². The van der Waals surface area contributed by atoms with Crippen LogP contribution in [0.1, 0.15) is 35.8 Å². The number of nitrogens with zero attached hydrogens (tertiary/aromatic N) is 1. The molecular formula is C15H20N2. The van der Waals surface area contributed by atoms with Crippen molar-refractivity contribution in [3.63, 3.8) is 0 Å². The van der Waals surface area contributed by atoms with Gasteiger partial charge in [0.15, 0.2) is 0 Å². The zero-order chi connectivity index (χ0) is 11.4. The van der Waals surface area contributed by atoms with Crippen molar-refractivity contribution in [2.45, 2.75) is 24.7 Å². The highest BCUT2D eigenvalue weighted by Gasteiger charge is 2.44. The summed E-state index contributed by atoms with van der Waals surface area (Å²) >= 11 is 0. The van der Waals surface area contributed by atoms with Gasteiger partial charge in [0.05, 0.1) is 0 Å². The minimum atomic E-state index is 0.787. The minimum absolute atomic E-state index is 0.787. The summed E-state index contributed by atoms with van der Waals surface area (Å²) in [4.78, 5) is 2.44. The molecular weight excluding hydrogens is 208 g/mol. The van der Waals surface area contributed by atoms with Gasteiger partial charge >= 0.3 is 0 Å². The van der Waals surface area contributed by atoms with Crippen LogP contribution in [0, 0.1) is 5.92 Å². The Morgan fingerprint density at radius 3 is 3.12 bits per heavy atom. The third-order valence-corrected chi connectivity index (χ3v) is 5.13. The second kappa shape index (κ2) is 3.49. The SMILES string of the molecule is CN1CCC2c3c(cccc31)[C@@H]1CNCC[C@H]21. The van der Waals surface area contributed by atoms with Crippen LogP contribution in [-0.4, -0.2) is 26.7 Å². The van der Waals surface area contributed by atoms with E-state index in [1.165, 1.54) is 38.2 Å². The molecule has 0 amide bonds. The number of rotatable bonds is 0. The van der Waals surface area contributed by atoms with Gasteiger partial charge in [0.2, 0.25) is 0 Å². The number of fused-ring (bicyclic) bond motifs is 3. The smallest absolute Gasteiger partial charge is 0.0402 e. The van der Waals surface area contributed by atoms with Crippen LogP contribution in [0.25, 0.3) is 0 Å². The highest BCUT2D eigenvalue weighted by atomic mass is 15.1. The monoisotopic (exact) mass is 228 g/mol. The van der Waals surface area contributed by atoms with Gasteiger partial charge in [-0.15, -0.1) is 0 Å². The lowest BCUT2D eigenvalue weighted by molar-refractivity contribution is 0.294. The minimum Gasteiger partial charge on any atom is -0.374 e. The predicted molar refractivity (Wildman–Crippen MR) is 70.8 cm³/mol. The van der Waals surface area contributed by atoms with Gasteiger partial charge in [-0.05, 0) is 48.4 Å². The van der Waals surface area contributed by atoms with E-state index < -0.39 is 0 Å². The van der Waals surface area contributed by atoms with Crippen LogP contribution in [0.15, 0.2) is 18.2 Å². The molecule has 2 heterocycles. The Hall–Kier alpha value is -1.02. The molecule has 1 aromatic rings. The van der Waals surface area contributed by atoms with E-state index >= 15 is 0 Å². The third-order valence-electron chi connectivity index (χ3n) is 5.13. The van der Waals surface area contributed by atoms with Gasteiger partial charge in [-0.3, -0.25) is 0 Å². The second-order valence-electron chi connectivity index (χ2n) is 5.86. The van der Waals surface area contributed by atoms with E-state index in [1.54, 1.807) is 11.1 Å². The van der Waals surface area contributed by atoms with E-state index in [4.69, 9.17) is 0 Å². The largest absolute Gasteiger partial charge is 0.374 e. The van der Waals surface area contributed by atoms with Crippen molar-refractivity contribution in [2.75, 3.05) is 31.6 Å². The molecule has 2 aliphatic heterocycles. The first-order chi connectivity index (χ1) is 8.36. The van der Waals surface area contributed by atoms with Crippen molar-refractivity contribution in [3.05, 3.63) is 29.3 Å². The lowest BCUT2D eigenvalue weighted by Crippen LogP contribution is -2.35. The van der Waals surface area contributed by atoms with Crippen molar-refractivity contribution >= 4 is 5.69 Å². The molecule has 1 aromatic carbocycles. The maximum Gasteiger partial charge on any atom is 0.0402 e. The van der Waals surface area contributed by atoms with Crippen LogP contribution in [0.5, 0.6) is 0 Å². The predicted octanol–water partition coefficient (Wildman–Crippen LogP) is 2.32. The summed E-state index contributed by atoms with van der Waals surface area (Å²) in [5.41, 5.74) is 4.85. The average molecular weight is 228 g/mol. The summed E-state index contributed by atoms with van der Waals surface area (Å²) in [7, 11) is 2.24. The van der Waals surface area contributed by atoms with Gasteiger partial charge < -0.3 is 10.2 Å². The number of nitrogens with one attached hydrogen (secondary N) is 1. The first kappa shape index (κ1) is 9.95. The maximum atomic E-state index is 3.58. The molecule has 3 aliphatic rings. The van der Waals surface area contributed by atoms with E-state index in [0.717, 1.165) is 17.8 Å². The third kappa shape index (κ3) is 1.25. The zero-order valence-electron chi connectivity index (χ0n) is 10.4. The molecule has 0 aromatic heterocycles. The van der Waals surface area contributed by atoms with Crippen LogP contribution >= 0.6 is 0 Å². The first-order valence-corrected chi connectivity index (χ1v) is 6.91. The summed E-state index contributed by atoms with van der Waals surface area (Å²) in [6.45, 7) is 3.65. The molecule has 0 saturated carbocycles. The topological polar surface area (TPSA) is 15.3 Å². The van der Waals surface area contributed by atoms with Crippen molar-refractivity contribution in [1.29, 1.82) is 0 Å². The van der Waals surface area contributed by atoms with E-state index in [-0.39, 0.29) is 0 Å². The lowest BCUT2D eigenvalue weighted by atomic mass is 9.79. The molecule has 1 unspecified atom stereocenters. The van der Waals surface area contributed by atoms with Crippen molar-refractivity contribution in [1.82, 2.24) is 5.32 Å². The zero-order valence-corrected chi connectivity index (χ0v) is 10.4. The van der Waals surface area contributed by atoms with E-state index in [1.807, 2.05) is 0 Å². The normalized spacial score (nSPS) is 34.4. The summed E-state index contributed by atoms with van der Waals surface area (Å²) < 4.78 is 0. The molecule has 2 heteroatoms. The number of anilines is 1. The molecule has 0 radical (unpaired) electrons. The van der Waals surface area contributed by atoms with Crippen molar-refractivity contribution in [2.24, 2.45) is 5.92 Å². The lowest BCUT2D eigenvalue weighted by Gasteiger charge is -2.35. The molecule has 90 valence electrons. The summed E-state index contributed by atoms with van der Waals surface area (Å²) in [5, 5.41) is 3.58. The van der Waals surface area contributed by atoms with Gasteiger partial charge in [0, 0.05) is 31.7 Å². The molecule has 1 fully saturated rings. The van der Waals surface area contributed by atoms with Crippen LogP contribution in [-0.2, 0) is 0 Å². The summed E-state index contributed by atoms with van der Waals surface area (Å²) in [6, 6.07) is 6.95. The van der Waals surface area contributed by atoms with Gasteiger partial charge in [-0.1, -0.05) is 12.1 Å². The van der Waals surface area contributed by atoms with Crippen LogP contribution in [0.3, 0.4) is 0 Å². The molecule has 3 atom stereocenters. The second-order valence-corrected chi connectivity index (χ2v) is 5.86. The van der Waals surface area contributed by atoms with Crippen molar-refractivity contribution in [3.8, 4) is 0 Å². The number of piperidine rings is 1. The van der Waals surface area contributed by atoms with Crippen LogP contribution in [0.2, 0.25) is 0 Å². The summed E-state index contributed by atoms with van der Waals surface area (Å²) in [6.07, 6.45) is 2.73. The average Bonchev–Trinajstić information content (AvgIpc) is 2.70. The highest BCUT2D eigenvalue weighted by Crippen LogP contribution is 2.55. The van der Waals surface area contributed by atoms with Crippen LogP contribution in [0.4, 0.5) is 5.69 Å². The molecule has 2 nitrogen and oxygen atoms in total. The Labute approximate surface area is 103 Å². The number of hydrogen-bond acceptors (Lipinski definition) is 2. The number of hydrogen-bond donors (Lipinski definition) is 1. The van der Waals surface area contributed by atoms with Gasteiger partial charge in [0.1, 0.15) is 0 Å². The maximum absolute atomic E-state index is 3.58. The molecule has 1 N–H and O–H groups in total. The molecule has 1 aliphatic carbocycles. The quantitative estimate of drug-likeness (QED) is 0.733. The Kier molecular flexibility index (Phi) is 2.04. The van der Waals surface area contributed by atoms with Crippen LogP contribution < -0.4 is 10.2 Å². The Bertz CT molecular complexity index is 454. The van der Waals surface area contributed by atoms with Gasteiger partial charge in [-0.25, -0.2) is 0 Å². The fourth-order valence-electron chi connectivity index (χ4n) is 4.36. The Morgan fingerprint density at radius 1 is 1.24 bits per heavy atom. The fourth-order valence-corrected chi connectivity index (χ4v) is 4.36. The standard InChI is InChI=1S/C15H20N2/c1-17-8-6-12-10-5-7-16-9-13(10)11-3-2-4-14(17)15(11)12/h2-4,10,12-13,16H,5-9H2,1H3/t10-,12?,13-/m1/s1. The van der Waals surface area contributed by atoms with E-state index in [2.05, 4.69) is 35.5 Å². The molecule has 1 saturated heterocycles. The van der Waals surface area contributed by atoms with Crippen molar-refractivity contribution < 1.29 is 0 Å². The molecule has 4 rings (SSSR count). The molecule has 0 spiro atoms. The Morgan fingerprint density at radius 2 is 2.18 bits per heavy atom. The highest BCUT2D eigenvalue weighted by molar-refractivity contribution is 5.63. The molecule has 17 heavy (non-hydrogen) atoms. The van der Waals surface area contributed by atoms with E-state index in [0.29, 0.717) is 0 Å². The molecule has 0 bridgehead atoms.